The summed E-state index contributed by atoms with van der Waals surface area (Å²) in [6.45, 7) is -0.584. The number of nitrogens with one attached hydrogen (secondary N) is 1. The van der Waals surface area contributed by atoms with Crippen molar-refractivity contribution in [2.75, 3.05) is 24.6 Å². The number of fused-ring (bicyclic) bond motifs is 1. The van der Waals surface area contributed by atoms with E-state index in [0.29, 0.717) is 6.54 Å². The highest BCUT2D eigenvalue weighted by Gasteiger charge is 2.23. The molecule has 0 atom stereocenters. The quantitative estimate of drug-likeness (QED) is 0.736. The summed E-state index contributed by atoms with van der Waals surface area (Å²) < 4.78 is 44.0. The summed E-state index contributed by atoms with van der Waals surface area (Å²) in [4.78, 5) is 25.6. The average Bonchev–Trinajstić information content (AvgIpc) is 2.70. The Morgan fingerprint density at radius 1 is 1.11 bits per heavy atom. The maximum Gasteiger partial charge on any atom is 0.321 e. The number of rotatable bonds is 6. The van der Waals surface area contributed by atoms with E-state index in [4.69, 9.17) is 4.74 Å². The Hall–Kier alpha value is -2.78. The molecule has 0 aromatic heterocycles. The Morgan fingerprint density at radius 3 is 2.57 bits per heavy atom. The van der Waals surface area contributed by atoms with Gasteiger partial charge in [0.15, 0.2) is 6.61 Å². The normalized spacial score (nSPS) is 13.7. The number of benzene rings is 2. The number of esters is 1. The largest absolute Gasteiger partial charge is 0.455 e. The molecule has 0 saturated heterocycles. The number of hydrogen-bond donors (Lipinski definition) is 1. The molecule has 0 unspecified atom stereocenters. The Labute approximate surface area is 162 Å². The number of ether oxygens (including phenoxy) is 1. The fraction of sp³-hybridized carbons (Fsp3) is 0.263. The van der Waals surface area contributed by atoms with E-state index < -0.39 is 35.0 Å². The summed E-state index contributed by atoms with van der Waals surface area (Å²) in [5, 5.41) is 0. The van der Waals surface area contributed by atoms with Gasteiger partial charge < -0.3 is 9.64 Å². The second-order valence-corrected chi connectivity index (χ2v) is 7.98. The molecule has 0 fully saturated rings. The second kappa shape index (κ2) is 8.49. The van der Waals surface area contributed by atoms with E-state index in [-0.39, 0.29) is 10.8 Å². The molecule has 2 aromatic carbocycles. The van der Waals surface area contributed by atoms with Crippen LogP contribution < -0.4 is 9.62 Å². The van der Waals surface area contributed by atoms with Crippen molar-refractivity contribution >= 4 is 27.6 Å². The number of carbonyl (C=O) groups is 2. The maximum absolute atomic E-state index is 12.9. The van der Waals surface area contributed by atoms with Crippen LogP contribution in [0.1, 0.15) is 12.0 Å². The number of halogens is 1. The van der Waals surface area contributed by atoms with E-state index in [2.05, 4.69) is 4.72 Å². The van der Waals surface area contributed by atoms with Gasteiger partial charge in [0.05, 0.1) is 4.90 Å². The van der Waals surface area contributed by atoms with Crippen LogP contribution in [0.4, 0.5) is 10.1 Å². The summed E-state index contributed by atoms with van der Waals surface area (Å²) in [7, 11) is -3.98. The van der Waals surface area contributed by atoms with E-state index in [1.165, 1.54) is 0 Å². The van der Waals surface area contributed by atoms with Gasteiger partial charge in [-0.1, -0.05) is 18.2 Å². The number of para-hydroxylation sites is 1. The molecular weight excluding hydrogens is 387 g/mol. The minimum absolute atomic E-state index is 0.178. The van der Waals surface area contributed by atoms with Crippen LogP contribution in [-0.4, -0.2) is 40.0 Å². The van der Waals surface area contributed by atoms with Gasteiger partial charge in [-0.05, 0) is 48.7 Å². The Bertz CT molecular complexity index is 976. The van der Waals surface area contributed by atoms with Crippen molar-refractivity contribution in [3.05, 3.63) is 59.9 Å². The van der Waals surface area contributed by atoms with Crippen LogP contribution in [-0.2, 0) is 30.8 Å². The molecule has 148 valence electrons. The van der Waals surface area contributed by atoms with Crippen LogP contribution in [0.25, 0.3) is 0 Å². The zero-order chi connectivity index (χ0) is 20.1. The minimum atomic E-state index is -3.98. The molecule has 0 aliphatic carbocycles. The van der Waals surface area contributed by atoms with Gasteiger partial charge in [0.2, 0.25) is 10.0 Å². The van der Waals surface area contributed by atoms with Crippen molar-refractivity contribution in [2.45, 2.75) is 17.7 Å². The van der Waals surface area contributed by atoms with Crippen LogP contribution in [0.2, 0.25) is 0 Å². The number of aryl methyl sites for hydroxylation is 1. The molecule has 7 nitrogen and oxygen atoms in total. The lowest BCUT2D eigenvalue weighted by Gasteiger charge is -2.29. The molecular formula is C19H19FN2O5S. The zero-order valence-electron chi connectivity index (χ0n) is 14.9. The third kappa shape index (κ3) is 4.73. The van der Waals surface area contributed by atoms with Gasteiger partial charge in [-0.15, -0.1) is 0 Å². The van der Waals surface area contributed by atoms with Crippen molar-refractivity contribution in [2.24, 2.45) is 0 Å². The van der Waals surface area contributed by atoms with Crippen molar-refractivity contribution in [3.8, 4) is 0 Å². The first-order valence-corrected chi connectivity index (χ1v) is 10.1. The lowest BCUT2D eigenvalue weighted by Crippen LogP contribution is -2.39. The summed E-state index contributed by atoms with van der Waals surface area (Å²) in [6, 6.07) is 11.7. The topological polar surface area (TPSA) is 92.8 Å². The number of nitrogens with zero attached hydrogens (tertiary/aromatic N) is 1. The summed E-state index contributed by atoms with van der Waals surface area (Å²) in [6.07, 6.45) is 1.69. The number of carbonyl (C=O) groups excluding carboxylic acids is 2. The monoisotopic (exact) mass is 406 g/mol. The minimum Gasteiger partial charge on any atom is -0.455 e. The highest BCUT2D eigenvalue weighted by Crippen LogP contribution is 2.26. The number of anilines is 1. The standard InChI is InChI=1S/C19H19FN2O5S/c20-15-7-9-16(10-8-15)28(25,26)21-12-19(24)27-13-18(23)22-11-3-5-14-4-1-2-6-17(14)22/h1-2,4,6-10,21H,3,5,11-13H2. The molecule has 0 radical (unpaired) electrons. The fourth-order valence-electron chi connectivity index (χ4n) is 2.91. The Morgan fingerprint density at radius 2 is 1.82 bits per heavy atom. The van der Waals surface area contributed by atoms with E-state index >= 15 is 0 Å². The maximum atomic E-state index is 12.9. The fourth-order valence-corrected chi connectivity index (χ4v) is 3.88. The lowest BCUT2D eigenvalue weighted by atomic mass is 10.0. The highest BCUT2D eigenvalue weighted by molar-refractivity contribution is 7.89. The molecule has 28 heavy (non-hydrogen) atoms. The number of amides is 1. The molecule has 3 rings (SSSR count). The van der Waals surface area contributed by atoms with E-state index in [9.17, 15) is 22.4 Å². The molecule has 1 N–H and O–H groups in total. The van der Waals surface area contributed by atoms with Crippen LogP contribution in [0.3, 0.4) is 0 Å². The Balaban J connectivity index is 1.52. The summed E-state index contributed by atoms with van der Waals surface area (Å²) >= 11 is 0. The van der Waals surface area contributed by atoms with Crippen molar-refractivity contribution in [1.29, 1.82) is 0 Å². The average molecular weight is 406 g/mol. The van der Waals surface area contributed by atoms with Gasteiger partial charge in [-0.25, -0.2) is 12.8 Å². The molecule has 1 amide bonds. The van der Waals surface area contributed by atoms with Crippen molar-refractivity contribution in [3.63, 3.8) is 0 Å². The van der Waals surface area contributed by atoms with Gasteiger partial charge in [0.25, 0.3) is 5.91 Å². The molecule has 9 heteroatoms. The van der Waals surface area contributed by atoms with Crippen LogP contribution >= 0.6 is 0 Å². The third-order valence-corrected chi connectivity index (χ3v) is 5.72. The lowest BCUT2D eigenvalue weighted by molar-refractivity contribution is -0.146. The first-order valence-electron chi connectivity index (χ1n) is 8.66. The smallest absolute Gasteiger partial charge is 0.321 e. The molecule has 1 aliphatic heterocycles. The first kappa shape index (κ1) is 20.0. The molecule has 1 heterocycles. The number of hydrogen-bond acceptors (Lipinski definition) is 5. The summed E-state index contributed by atoms with van der Waals surface area (Å²) in [5.41, 5.74) is 1.85. The molecule has 0 spiro atoms. The van der Waals surface area contributed by atoms with Crippen LogP contribution in [0, 0.1) is 5.82 Å². The van der Waals surface area contributed by atoms with Gasteiger partial charge in [0.1, 0.15) is 12.4 Å². The van der Waals surface area contributed by atoms with Crippen molar-refractivity contribution < 1.29 is 27.1 Å². The second-order valence-electron chi connectivity index (χ2n) is 6.22. The highest BCUT2D eigenvalue weighted by atomic mass is 32.2. The predicted octanol–water partition coefficient (Wildman–Crippen LogP) is 1.63. The van der Waals surface area contributed by atoms with E-state index in [0.717, 1.165) is 48.4 Å². The third-order valence-electron chi connectivity index (χ3n) is 4.30. The number of sulfonamides is 1. The molecule has 2 aromatic rings. The van der Waals surface area contributed by atoms with E-state index in [1.54, 1.807) is 4.90 Å². The first-order chi connectivity index (χ1) is 13.4. The van der Waals surface area contributed by atoms with Gasteiger partial charge in [0, 0.05) is 12.2 Å². The molecule has 0 bridgehead atoms. The van der Waals surface area contributed by atoms with Crippen LogP contribution in [0.15, 0.2) is 53.4 Å². The SMILES string of the molecule is O=C(CNS(=O)(=O)c1ccc(F)cc1)OCC(=O)N1CCCc2ccccc21. The van der Waals surface area contributed by atoms with Gasteiger partial charge >= 0.3 is 5.97 Å². The van der Waals surface area contributed by atoms with Gasteiger partial charge in [-0.3, -0.25) is 9.59 Å². The molecule has 1 aliphatic rings. The van der Waals surface area contributed by atoms with Crippen molar-refractivity contribution in [1.82, 2.24) is 4.72 Å². The van der Waals surface area contributed by atoms with Crippen LogP contribution in [0.5, 0.6) is 0 Å². The summed E-state index contributed by atoms with van der Waals surface area (Å²) in [5.74, 6) is -1.83. The Kier molecular flexibility index (Phi) is 6.05. The predicted molar refractivity (Wildman–Crippen MR) is 99.7 cm³/mol. The molecule has 0 saturated carbocycles. The van der Waals surface area contributed by atoms with E-state index in [1.807, 2.05) is 24.3 Å². The zero-order valence-corrected chi connectivity index (χ0v) is 15.7. The van der Waals surface area contributed by atoms with Gasteiger partial charge in [-0.2, -0.15) is 4.72 Å².